The summed E-state index contributed by atoms with van der Waals surface area (Å²) >= 11 is 3.48. The fourth-order valence-corrected chi connectivity index (χ4v) is 4.37. The van der Waals surface area contributed by atoms with Gasteiger partial charge in [0.2, 0.25) is 0 Å². The molecule has 1 saturated heterocycles. The highest BCUT2D eigenvalue weighted by Gasteiger charge is 2.25. The SMILES string of the molecule is CCC(Oc1cc2ncnc(Nc3cccc(Br)c3)c2cc1N)N1CCN(CC(=O)O)CC1. The van der Waals surface area contributed by atoms with E-state index in [0.29, 0.717) is 30.3 Å². The second kappa shape index (κ2) is 10.3. The second-order valence-electron chi connectivity index (χ2n) is 7.95. The molecule has 0 radical (unpaired) electrons. The monoisotopic (exact) mass is 514 g/mol. The zero-order valence-corrected chi connectivity index (χ0v) is 20.0. The second-order valence-corrected chi connectivity index (χ2v) is 8.87. The Morgan fingerprint density at radius 2 is 2.03 bits per heavy atom. The Hall–Kier alpha value is -2.95. The molecule has 3 aromatic rings. The number of aromatic nitrogens is 2. The third kappa shape index (κ3) is 5.70. The summed E-state index contributed by atoms with van der Waals surface area (Å²) in [5, 5.41) is 13.1. The summed E-state index contributed by atoms with van der Waals surface area (Å²) in [6.45, 7) is 4.99. The van der Waals surface area contributed by atoms with Crippen molar-refractivity contribution in [3.63, 3.8) is 0 Å². The summed E-state index contributed by atoms with van der Waals surface area (Å²) in [5.74, 6) is 0.443. The number of anilines is 3. The average molecular weight is 515 g/mol. The van der Waals surface area contributed by atoms with Crippen molar-refractivity contribution in [3.8, 4) is 5.75 Å². The van der Waals surface area contributed by atoms with E-state index in [2.05, 4.69) is 43.0 Å². The highest BCUT2D eigenvalue weighted by atomic mass is 79.9. The van der Waals surface area contributed by atoms with Crippen molar-refractivity contribution in [2.75, 3.05) is 43.8 Å². The number of nitrogens with zero attached hydrogens (tertiary/aromatic N) is 4. The number of halogens is 1. The van der Waals surface area contributed by atoms with Crippen LogP contribution in [0, 0.1) is 0 Å². The Morgan fingerprint density at radius 3 is 2.73 bits per heavy atom. The first-order valence-electron chi connectivity index (χ1n) is 10.8. The summed E-state index contributed by atoms with van der Waals surface area (Å²) in [5.41, 5.74) is 8.52. The van der Waals surface area contributed by atoms with Gasteiger partial charge in [-0.2, -0.15) is 0 Å². The minimum atomic E-state index is -0.800. The van der Waals surface area contributed by atoms with Gasteiger partial charge in [0.25, 0.3) is 0 Å². The first kappa shape index (κ1) is 23.2. The lowest BCUT2D eigenvalue weighted by atomic mass is 10.2. The number of nitrogens with one attached hydrogen (secondary N) is 1. The maximum Gasteiger partial charge on any atom is 0.317 e. The predicted octanol–water partition coefficient (Wildman–Crippen LogP) is 3.54. The largest absolute Gasteiger partial charge is 0.480 e. The molecule has 1 aliphatic heterocycles. The molecule has 2 aromatic carbocycles. The van der Waals surface area contributed by atoms with E-state index < -0.39 is 5.97 Å². The van der Waals surface area contributed by atoms with Crippen molar-refractivity contribution >= 4 is 50.0 Å². The number of piperazine rings is 1. The Morgan fingerprint density at radius 1 is 1.24 bits per heavy atom. The van der Waals surface area contributed by atoms with Gasteiger partial charge in [-0.3, -0.25) is 14.6 Å². The number of benzene rings is 2. The number of ether oxygens (including phenoxy) is 1. The maximum absolute atomic E-state index is 11.0. The zero-order valence-electron chi connectivity index (χ0n) is 18.4. The maximum atomic E-state index is 11.0. The molecule has 9 nitrogen and oxygen atoms in total. The topological polar surface area (TPSA) is 117 Å². The molecule has 33 heavy (non-hydrogen) atoms. The van der Waals surface area contributed by atoms with Gasteiger partial charge >= 0.3 is 5.97 Å². The highest BCUT2D eigenvalue weighted by molar-refractivity contribution is 9.10. The Bertz CT molecular complexity index is 1140. The number of carbonyl (C=O) groups is 1. The summed E-state index contributed by atoms with van der Waals surface area (Å²) < 4.78 is 7.28. The van der Waals surface area contributed by atoms with Gasteiger partial charge in [-0.15, -0.1) is 0 Å². The zero-order chi connectivity index (χ0) is 23.4. The number of carboxylic acids is 1. The van der Waals surface area contributed by atoms with Crippen LogP contribution in [0.5, 0.6) is 5.75 Å². The van der Waals surface area contributed by atoms with Gasteiger partial charge in [-0.05, 0) is 30.7 Å². The van der Waals surface area contributed by atoms with E-state index >= 15 is 0 Å². The molecular weight excluding hydrogens is 488 g/mol. The molecule has 4 rings (SSSR count). The number of hydrogen-bond acceptors (Lipinski definition) is 8. The van der Waals surface area contributed by atoms with Gasteiger partial charge < -0.3 is 20.9 Å². The number of nitrogen functional groups attached to an aromatic ring is 1. The van der Waals surface area contributed by atoms with E-state index in [1.165, 1.54) is 6.33 Å². The Kier molecular flexibility index (Phi) is 7.26. The van der Waals surface area contributed by atoms with Crippen LogP contribution in [0.3, 0.4) is 0 Å². The lowest BCUT2D eigenvalue weighted by molar-refractivity contribution is -0.139. The first-order valence-corrected chi connectivity index (χ1v) is 11.6. The van der Waals surface area contributed by atoms with Crippen molar-refractivity contribution in [3.05, 3.63) is 47.2 Å². The van der Waals surface area contributed by atoms with Crippen LogP contribution >= 0.6 is 15.9 Å². The van der Waals surface area contributed by atoms with Crippen molar-refractivity contribution < 1.29 is 14.6 Å². The predicted molar refractivity (Wildman–Crippen MR) is 132 cm³/mol. The fourth-order valence-electron chi connectivity index (χ4n) is 3.97. The van der Waals surface area contributed by atoms with Crippen molar-refractivity contribution in [1.82, 2.24) is 19.8 Å². The van der Waals surface area contributed by atoms with Crippen LogP contribution < -0.4 is 15.8 Å². The van der Waals surface area contributed by atoms with Crippen LogP contribution in [0.2, 0.25) is 0 Å². The number of fused-ring (bicyclic) bond motifs is 1. The van der Waals surface area contributed by atoms with Crippen molar-refractivity contribution in [2.45, 2.75) is 19.6 Å². The Labute approximate surface area is 200 Å². The smallest absolute Gasteiger partial charge is 0.317 e. The normalized spacial score (nSPS) is 15.9. The lowest BCUT2D eigenvalue weighted by Gasteiger charge is -2.38. The minimum Gasteiger partial charge on any atom is -0.480 e. The number of carboxylic acid groups (broad SMARTS) is 1. The molecule has 1 unspecified atom stereocenters. The molecule has 1 atom stereocenters. The van der Waals surface area contributed by atoms with Crippen LogP contribution in [0.25, 0.3) is 10.9 Å². The molecule has 1 aliphatic rings. The molecule has 0 spiro atoms. The molecule has 0 saturated carbocycles. The summed E-state index contributed by atoms with van der Waals surface area (Å²) in [6, 6.07) is 11.5. The van der Waals surface area contributed by atoms with Crippen molar-refractivity contribution in [1.29, 1.82) is 0 Å². The highest BCUT2D eigenvalue weighted by Crippen LogP contribution is 2.33. The minimum absolute atomic E-state index is 0.0686. The number of hydrogen-bond donors (Lipinski definition) is 3. The number of aliphatic carboxylic acids is 1. The number of rotatable bonds is 8. The Balaban J connectivity index is 1.51. The summed E-state index contributed by atoms with van der Waals surface area (Å²) in [6.07, 6.45) is 2.13. The van der Waals surface area contributed by atoms with E-state index in [-0.39, 0.29) is 12.8 Å². The molecule has 174 valence electrons. The van der Waals surface area contributed by atoms with Gasteiger partial charge in [0.1, 0.15) is 17.9 Å². The van der Waals surface area contributed by atoms with Gasteiger partial charge in [0, 0.05) is 47.8 Å². The molecule has 10 heteroatoms. The van der Waals surface area contributed by atoms with E-state index in [4.69, 9.17) is 15.6 Å². The molecule has 0 bridgehead atoms. The van der Waals surface area contributed by atoms with E-state index in [0.717, 1.165) is 40.6 Å². The molecule has 0 aliphatic carbocycles. The number of nitrogens with two attached hydrogens (primary N) is 1. The molecule has 1 aromatic heterocycles. The van der Waals surface area contributed by atoms with Gasteiger partial charge in [0.05, 0.1) is 17.7 Å². The summed E-state index contributed by atoms with van der Waals surface area (Å²) in [7, 11) is 0. The molecular formula is C23H27BrN6O3. The first-order chi connectivity index (χ1) is 15.9. The third-order valence-electron chi connectivity index (χ3n) is 5.64. The van der Waals surface area contributed by atoms with Crippen LogP contribution in [0.4, 0.5) is 17.2 Å². The molecule has 1 fully saturated rings. The molecule has 0 amide bonds. The van der Waals surface area contributed by atoms with Crippen LogP contribution in [-0.4, -0.2) is 69.8 Å². The molecule has 4 N–H and O–H groups in total. The third-order valence-corrected chi connectivity index (χ3v) is 6.13. The fraction of sp³-hybridized carbons (Fsp3) is 0.348. The van der Waals surface area contributed by atoms with Gasteiger partial charge in [-0.25, -0.2) is 9.97 Å². The van der Waals surface area contributed by atoms with Crippen LogP contribution in [0.15, 0.2) is 47.2 Å². The van der Waals surface area contributed by atoms with Crippen molar-refractivity contribution in [2.24, 2.45) is 0 Å². The summed E-state index contributed by atoms with van der Waals surface area (Å²) in [4.78, 5) is 23.9. The quantitative estimate of drug-likeness (QED) is 0.388. The van der Waals surface area contributed by atoms with Crippen LogP contribution in [-0.2, 0) is 4.79 Å². The van der Waals surface area contributed by atoms with Gasteiger partial charge in [0.15, 0.2) is 6.23 Å². The van der Waals surface area contributed by atoms with Crippen LogP contribution in [0.1, 0.15) is 13.3 Å². The standard InChI is InChI=1S/C23H27BrN6O3/c1-2-21(30-8-6-29(7-9-30)13-22(31)32)33-20-12-19-17(11-18(20)25)23(27-14-26-19)28-16-5-3-4-15(24)10-16/h3-5,10-12,14,21H,2,6-9,13,25H2,1H3,(H,31,32)(H,26,27,28). The van der Waals surface area contributed by atoms with E-state index in [1.54, 1.807) is 0 Å². The van der Waals surface area contributed by atoms with Gasteiger partial charge in [-0.1, -0.05) is 28.9 Å². The lowest BCUT2D eigenvalue weighted by Crippen LogP contribution is -2.52. The van der Waals surface area contributed by atoms with E-state index in [9.17, 15) is 4.79 Å². The average Bonchev–Trinajstić information content (AvgIpc) is 2.78. The van der Waals surface area contributed by atoms with E-state index in [1.807, 2.05) is 41.3 Å². The molecule has 2 heterocycles.